The van der Waals surface area contributed by atoms with Gasteiger partial charge in [-0.3, -0.25) is 0 Å². The number of hydrogen-bond donors (Lipinski definition) is 0. The molecule has 1 aliphatic heterocycles. The number of benzene rings is 1. The van der Waals surface area contributed by atoms with Gasteiger partial charge in [-0.1, -0.05) is 29.8 Å². The van der Waals surface area contributed by atoms with Crippen LogP contribution in [0.4, 0.5) is 10.5 Å². The van der Waals surface area contributed by atoms with Gasteiger partial charge < -0.3 is 14.5 Å². The summed E-state index contributed by atoms with van der Waals surface area (Å²) in [4.78, 5) is 24.8. The number of ether oxygens (including phenoxy) is 1. The number of rotatable bonds is 2. The number of anilines is 1. The standard InChI is InChI=1S/C19H23ClN4O2/c1-19(2,3)26-18(25)23-9-10-24(14-7-5-4-6-8-14)16(12-23)15-11-17(20)22-13-21-15/h4-8,11,13,16H,9-10,12H2,1-3H3. The summed E-state index contributed by atoms with van der Waals surface area (Å²) in [6, 6.07) is 11.7. The molecular formula is C19H23ClN4O2. The summed E-state index contributed by atoms with van der Waals surface area (Å²) >= 11 is 6.07. The maximum absolute atomic E-state index is 12.5. The van der Waals surface area contributed by atoms with E-state index in [1.165, 1.54) is 6.33 Å². The van der Waals surface area contributed by atoms with Crippen LogP contribution in [-0.2, 0) is 4.74 Å². The minimum atomic E-state index is -0.526. The summed E-state index contributed by atoms with van der Waals surface area (Å²) in [6.07, 6.45) is 1.14. The van der Waals surface area contributed by atoms with E-state index in [-0.39, 0.29) is 12.1 Å². The van der Waals surface area contributed by atoms with Crippen LogP contribution >= 0.6 is 11.6 Å². The Morgan fingerprint density at radius 3 is 2.58 bits per heavy atom. The average molecular weight is 375 g/mol. The second-order valence-electron chi connectivity index (χ2n) is 7.24. The zero-order valence-electron chi connectivity index (χ0n) is 15.2. The van der Waals surface area contributed by atoms with E-state index in [0.29, 0.717) is 24.8 Å². The van der Waals surface area contributed by atoms with E-state index in [2.05, 4.69) is 27.0 Å². The molecule has 3 rings (SSSR count). The van der Waals surface area contributed by atoms with Crippen LogP contribution in [0.1, 0.15) is 32.5 Å². The number of para-hydroxylation sites is 1. The first-order chi connectivity index (χ1) is 12.3. The fourth-order valence-electron chi connectivity index (χ4n) is 2.99. The molecule has 2 heterocycles. The smallest absolute Gasteiger partial charge is 0.410 e. The Balaban J connectivity index is 1.88. The molecule has 1 fully saturated rings. The summed E-state index contributed by atoms with van der Waals surface area (Å²) in [5, 5.41) is 0.386. The van der Waals surface area contributed by atoms with Crippen LogP contribution in [0.25, 0.3) is 0 Å². The third-order valence-electron chi connectivity index (χ3n) is 4.12. The molecule has 0 bridgehead atoms. The topological polar surface area (TPSA) is 58.6 Å². The van der Waals surface area contributed by atoms with Gasteiger partial charge >= 0.3 is 6.09 Å². The molecule has 0 N–H and O–H groups in total. The number of hydrogen-bond acceptors (Lipinski definition) is 5. The number of amides is 1. The summed E-state index contributed by atoms with van der Waals surface area (Å²) < 4.78 is 5.54. The van der Waals surface area contributed by atoms with Crippen molar-refractivity contribution in [2.75, 3.05) is 24.5 Å². The first kappa shape index (κ1) is 18.5. The average Bonchev–Trinajstić information content (AvgIpc) is 2.60. The Labute approximate surface area is 158 Å². The van der Waals surface area contributed by atoms with E-state index >= 15 is 0 Å². The molecule has 0 saturated carbocycles. The van der Waals surface area contributed by atoms with Crippen molar-refractivity contribution < 1.29 is 9.53 Å². The normalized spacial score (nSPS) is 17.9. The van der Waals surface area contributed by atoms with Crippen LogP contribution in [0.3, 0.4) is 0 Å². The van der Waals surface area contributed by atoms with Crippen LogP contribution < -0.4 is 4.90 Å². The molecular weight excluding hydrogens is 352 g/mol. The molecule has 26 heavy (non-hydrogen) atoms. The van der Waals surface area contributed by atoms with Gasteiger partial charge in [-0.2, -0.15) is 0 Å². The van der Waals surface area contributed by atoms with Gasteiger partial charge in [-0.25, -0.2) is 14.8 Å². The molecule has 0 radical (unpaired) electrons. The van der Waals surface area contributed by atoms with Crippen LogP contribution in [0.5, 0.6) is 0 Å². The van der Waals surface area contributed by atoms with Crippen LogP contribution in [-0.4, -0.2) is 46.2 Å². The van der Waals surface area contributed by atoms with E-state index in [1.807, 2.05) is 39.0 Å². The van der Waals surface area contributed by atoms with Gasteiger partial charge in [-0.15, -0.1) is 0 Å². The maximum Gasteiger partial charge on any atom is 0.410 e. The molecule has 1 aromatic heterocycles. The second kappa shape index (κ2) is 7.50. The molecule has 6 nitrogen and oxygen atoms in total. The molecule has 138 valence electrons. The lowest BCUT2D eigenvalue weighted by atomic mass is 10.1. The fraction of sp³-hybridized carbons (Fsp3) is 0.421. The highest BCUT2D eigenvalue weighted by Gasteiger charge is 2.33. The monoisotopic (exact) mass is 374 g/mol. The number of piperazine rings is 1. The molecule has 1 saturated heterocycles. The molecule has 1 atom stereocenters. The van der Waals surface area contributed by atoms with Crippen LogP contribution in [0.15, 0.2) is 42.7 Å². The van der Waals surface area contributed by atoms with Crippen molar-refractivity contribution in [1.82, 2.24) is 14.9 Å². The van der Waals surface area contributed by atoms with E-state index in [0.717, 1.165) is 11.4 Å². The van der Waals surface area contributed by atoms with E-state index in [4.69, 9.17) is 16.3 Å². The number of carbonyl (C=O) groups is 1. The zero-order valence-corrected chi connectivity index (χ0v) is 16.0. The van der Waals surface area contributed by atoms with Gasteiger partial charge in [0.15, 0.2) is 0 Å². The zero-order chi connectivity index (χ0) is 18.7. The van der Waals surface area contributed by atoms with Gasteiger partial charge in [0.1, 0.15) is 17.1 Å². The molecule has 1 unspecified atom stereocenters. The molecule has 0 spiro atoms. The Morgan fingerprint density at radius 1 is 1.19 bits per heavy atom. The molecule has 7 heteroatoms. The highest BCUT2D eigenvalue weighted by molar-refractivity contribution is 6.29. The van der Waals surface area contributed by atoms with Gasteiger partial charge in [0, 0.05) is 18.8 Å². The predicted molar refractivity (Wildman–Crippen MR) is 101 cm³/mol. The van der Waals surface area contributed by atoms with Crippen molar-refractivity contribution in [2.24, 2.45) is 0 Å². The van der Waals surface area contributed by atoms with E-state index < -0.39 is 5.60 Å². The number of aromatic nitrogens is 2. The van der Waals surface area contributed by atoms with Gasteiger partial charge in [-0.05, 0) is 39.0 Å². The maximum atomic E-state index is 12.5. The lowest BCUT2D eigenvalue weighted by Gasteiger charge is -2.42. The third kappa shape index (κ3) is 4.43. The number of halogens is 1. The van der Waals surface area contributed by atoms with Crippen LogP contribution in [0, 0.1) is 0 Å². The van der Waals surface area contributed by atoms with Gasteiger partial charge in [0.25, 0.3) is 0 Å². The number of nitrogens with zero attached hydrogens (tertiary/aromatic N) is 4. The minimum absolute atomic E-state index is 0.126. The quantitative estimate of drug-likeness (QED) is 0.745. The van der Waals surface area contributed by atoms with Gasteiger partial charge in [0.2, 0.25) is 0 Å². The fourth-order valence-corrected chi connectivity index (χ4v) is 3.14. The van der Waals surface area contributed by atoms with Crippen molar-refractivity contribution >= 4 is 23.4 Å². The molecule has 0 aliphatic carbocycles. The molecule has 2 aromatic rings. The van der Waals surface area contributed by atoms with Gasteiger partial charge in [0.05, 0.1) is 18.3 Å². The lowest BCUT2D eigenvalue weighted by molar-refractivity contribution is 0.0213. The van der Waals surface area contributed by atoms with Crippen molar-refractivity contribution in [3.8, 4) is 0 Å². The Bertz CT molecular complexity index is 764. The summed E-state index contributed by atoms with van der Waals surface area (Å²) in [5.41, 5.74) is 1.33. The lowest BCUT2D eigenvalue weighted by Crippen LogP contribution is -2.52. The third-order valence-corrected chi connectivity index (χ3v) is 4.32. The first-order valence-electron chi connectivity index (χ1n) is 8.60. The van der Waals surface area contributed by atoms with Crippen molar-refractivity contribution in [2.45, 2.75) is 32.4 Å². The Morgan fingerprint density at radius 2 is 1.92 bits per heavy atom. The predicted octanol–water partition coefficient (Wildman–Crippen LogP) is 3.93. The molecule has 1 amide bonds. The largest absolute Gasteiger partial charge is 0.444 e. The summed E-state index contributed by atoms with van der Waals surface area (Å²) in [6.45, 7) is 7.33. The van der Waals surface area contributed by atoms with E-state index in [1.54, 1.807) is 11.0 Å². The Kier molecular flexibility index (Phi) is 5.32. The first-order valence-corrected chi connectivity index (χ1v) is 8.98. The highest BCUT2D eigenvalue weighted by atomic mass is 35.5. The SMILES string of the molecule is CC(C)(C)OC(=O)N1CCN(c2ccccc2)C(c2cc(Cl)ncn2)C1. The van der Waals surface area contributed by atoms with E-state index in [9.17, 15) is 4.79 Å². The van der Waals surface area contributed by atoms with Crippen molar-refractivity contribution in [1.29, 1.82) is 0 Å². The molecule has 1 aromatic carbocycles. The van der Waals surface area contributed by atoms with Crippen LogP contribution in [0.2, 0.25) is 5.15 Å². The summed E-state index contributed by atoms with van der Waals surface area (Å²) in [5.74, 6) is 0. The molecule has 1 aliphatic rings. The minimum Gasteiger partial charge on any atom is -0.444 e. The second-order valence-corrected chi connectivity index (χ2v) is 7.62. The number of carbonyl (C=O) groups excluding carboxylic acids is 1. The summed E-state index contributed by atoms with van der Waals surface area (Å²) in [7, 11) is 0. The Hall–Kier alpha value is -2.34. The van der Waals surface area contributed by atoms with Crippen molar-refractivity contribution in [3.05, 3.63) is 53.6 Å². The highest BCUT2D eigenvalue weighted by Crippen LogP contribution is 2.30. The van der Waals surface area contributed by atoms with Crippen molar-refractivity contribution in [3.63, 3.8) is 0 Å².